The minimum Gasteiger partial charge on any atom is -0.497 e. The monoisotopic (exact) mass is 501 g/mol. The fourth-order valence-corrected chi connectivity index (χ4v) is 4.56. The topological polar surface area (TPSA) is 134 Å². The van der Waals surface area contributed by atoms with Gasteiger partial charge in [-0.25, -0.2) is 9.59 Å². The average Bonchev–Trinajstić information content (AvgIpc) is 3.35. The highest BCUT2D eigenvalue weighted by Gasteiger charge is 2.37. The van der Waals surface area contributed by atoms with Gasteiger partial charge < -0.3 is 25.2 Å². The number of thioether (sulfide) groups is 1. The molecule has 35 heavy (non-hydrogen) atoms. The maximum absolute atomic E-state index is 12.7. The molecule has 1 aliphatic rings. The molecule has 0 radical (unpaired) electrons. The third-order valence-electron chi connectivity index (χ3n) is 5.31. The number of methoxy groups -OCH3 is 1. The predicted octanol–water partition coefficient (Wildman–Crippen LogP) is 2.59. The van der Waals surface area contributed by atoms with E-state index in [1.165, 1.54) is 16.7 Å². The van der Waals surface area contributed by atoms with Crippen LogP contribution in [0.25, 0.3) is 0 Å². The number of nitrogens with zero attached hydrogens (tertiary/aromatic N) is 1. The summed E-state index contributed by atoms with van der Waals surface area (Å²) in [6, 6.07) is 11.4. The second-order valence-electron chi connectivity index (χ2n) is 7.67. The maximum atomic E-state index is 12.7. The molecule has 3 rings (SSSR count). The van der Waals surface area contributed by atoms with Gasteiger partial charge in [-0.05, 0) is 48.9 Å². The number of carbonyl (C=O) groups excluding carboxylic acids is 3. The molecule has 2 atom stereocenters. The summed E-state index contributed by atoms with van der Waals surface area (Å²) < 4.78 is 10.1. The number of aliphatic carboxylic acids is 1. The molecule has 0 saturated carbocycles. The molecule has 1 fully saturated rings. The summed E-state index contributed by atoms with van der Waals surface area (Å²) in [4.78, 5) is 50.3. The first-order valence-corrected chi connectivity index (χ1v) is 12.1. The van der Waals surface area contributed by atoms with Crippen molar-refractivity contribution in [3.63, 3.8) is 0 Å². The van der Waals surface area contributed by atoms with E-state index in [2.05, 4.69) is 10.6 Å². The number of hydrogen-bond donors (Lipinski definition) is 3. The quantitative estimate of drug-likeness (QED) is 0.477. The third kappa shape index (κ3) is 6.89. The van der Waals surface area contributed by atoms with E-state index in [1.807, 2.05) is 0 Å². The fourth-order valence-electron chi connectivity index (χ4n) is 3.42. The zero-order valence-electron chi connectivity index (χ0n) is 19.4. The Morgan fingerprint density at radius 1 is 1.11 bits per heavy atom. The summed E-state index contributed by atoms with van der Waals surface area (Å²) >= 11 is 1.39. The summed E-state index contributed by atoms with van der Waals surface area (Å²) in [5, 5.41) is 14.9. The van der Waals surface area contributed by atoms with Gasteiger partial charge in [0.15, 0.2) is 0 Å². The zero-order chi connectivity index (χ0) is 25.4. The standard InChI is InChI=1S/C24H27N3O7S/c1-3-34-24(32)27-14-35-13-20(27)22(29)26-19(23(30)31)12-15-4-8-17(9-5-15)25-21(28)16-6-10-18(33-2)11-7-16/h4-11,19-20H,3,12-14H2,1-2H3,(H,25,28)(H,26,29)(H,30,31). The lowest BCUT2D eigenvalue weighted by molar-refractivity contribution is -0.142. The number of carboxylic acids is 1. The Hall–Kier alpha value is -3.73. The Morgan fingerprint density at radius 3 is 2.40 bits per heavy atom. The summed E-state index contributed by atoms with van der Waals surface area (Å²) in [5.74, 6) is -0.719. The number of hydrogen-bond acceptors (Lipinski definition) is 7. The van der Waals surface area contributed by atoms with Gasteiger partial charge in [0.05, 0.1) is 19.6 Å². The first-order valence-electron chi connectivity index (χ1n) is 10.9. The van der Waals surface area contributed by atoms with Crippen LogP contribution < -0.4 is 15.4 Å². The van der Waals surface area contributed by atoms with Crippen LogP contribution >= 0.6 is 11.8 Å². The van der Waals surface area contributed by atoms with E-state index in [-0.39, 0.29) is 18.9 Å². The van der Waals surface area contributed by atoms with Crippen LogP contribution in [0.4, 0.5) is 10.5 Å². The first kappa shape index (κ1) is 25.9. The smallest absolute Gasteiger partial charge is 0.411 e. The van der Waals surface area contributed by atoms with Gasteiger partial charge in [0.2, 0.25) is 5.91 Å². The number of benzene rings is 2. The van der Waals surface area contributed by atoms with Gasteiger partial charge in [-0.15, -0.1) is 11.8 Å². The van der Waals surface area contributed by atoms with Gasteiger partial charge in [-0.1, -0.05) is 12.1 Å². The molecule has 1 heterocycles. The van der Waals surface area contributed by atoms with Crippen LogP contribution in [0.15, 0.2) is 48.5 Å². The molecule has 10 nitrogen and oxygen atoms in total. The Labute approximate surface area is 207 Å². The van der Waals surface area contributed by atoms with Crippen LogP contribution in [0.1, 0.15) is 22.8 Å². The lowest BCUT2D eigenvalue weighted by Crippen LogP contribution is -2.52. The van der Waals surface area contributed by atoms with Crippen molar-refractivity contribution in [3.8, 4) is 5.75 Å². The molecule has 2 aromatic carbocycles. The first-order chi connectivity index (χ1) is 16.8. The van der Waals surface area contributed by atoms with Crippen molar-refractivity contribution in [2.45, 2.75) is 25.4 Å². The molecule has 186 valence electrons. The van der Waals surface area contributed by atoms with E-state index >= 15 is 0 Å². The molecule has 1 aliphatic heterocycles. The number of anilines is 1. The summed E-state index contributed by atoms with van der Waals surface area (Å²) in [6.07, 6.45) is -0.565. The fraction of sp³-hybridized carbons (Fsp3) is 0.333. The Bertz CT molecular complexity index is 1060. The number of carbonyl (C=O) groups is 4. The highest BCUT2D eigenvalue weighted by Crippen LogP contribution is 2.22. The van der Waals surface area contributed by atoms with Crippen LogP contribution in [0.5, 0.6) is 5.75 Å². The molecule has 0 bridgehead atoms. The molecule has 0 aliphatic carbocycles. The van der Waals surface area contributed by atoms with E-state index in [4.69, 9.17) is 9.47 Å². The molecule has 3 N–H and O–H groups in total. The van der Waals surface area contributed by atoms with E-state index in [0.717, 1.165) is 0 Å². The van der Waals surface area contributed by atoms with Gasteiger partial charge in [-0.3, -0.25) is 14.5 Å². The lowest BCUT2D eigenvalue weighted by atomic mass is 10.0. The third-order valence-corrected chi connectivity index (χ3v) is 6.32. The van der Waals surface area contributed by atoms with Crippen LogP contribution in [0, 0.1) is 0 Å². The minimum atomic E-state index is -1.19. The number of amides is 3. The van der Waals surface area contributed by atoms with Gasteiger partial charge in [-0.2, -0.15) is 0 Å². The molecule has 0 spiro atoms. The minimum absolute atomic E-state index is 0.0348. The summed E-state index contributed by atoms with van der Waals surface area (Å²) in [6.45, 7) is 1.86. The molecular formula is C24H27N3O7S. The molecular weight excluding hydrogens is 474 g/mol. The predicted molar refractivity (Wildman–Crippen MR) is 131 cm³/mol. The van der Waals surface area contributed by atoms with Crippen molar-refractivity contribution in [2.24, 2.45) is 0 Å². The molecule has 0 aromatic heterocycles. The van der Waals surface area contributed by atoms with Crippen LogP contribution in [0.2, 0.25) is 0 Å². The molecule has 2 aromatic rings. The van der Waals surface area contributed by atoms with E-state index in [0.29, 0.717) is 34.2 Å². The largest absolute Gasteiger partial charge is 0.497 e. The van der Waals surface area contributed by atoms with Gasteiger partial charge in [0.25, 0.3) is 5.91 Å². The van der Waals surface area contributed by atoms with Gasteiger partial charge in [0, 0.05) is 23.4 Å². The zero-order valence-corrected chi connectivity index (χ0v) is 20.2. The highest BCUT2D eigenvalue weighted by atomic mass is 32.2. The lowest BCUT2D eigenvalue weighted by Gasteiger charge is -2.24. The van der Waals surface area contributed by atoms with Crippen LogP contribution in [-0.2, 0) is 20.7 Å². The van der Waals surface area contributed by atoms with Crippen LogP contribution in [-0.4, -0.2) is 71.3 Å². The van der Waals surface area contributed by atoms with Crippen molar-refractivity contribution in [1.82, 2.24) is 10.2 Å². The van der Waals surface area contributed by atoms with Crippen molar-refractivity contribution in [2.75, 3.05) is 30.7 Å². The Morgan fingerprint density at radius 2 is 1.80 bits per heavy atom. The molecule has 2 unspecified atom stereocenters. The summed E-state index contributed by atoms with van der Waals surface area (Å²) in [7, 11) is 1.54. The molecule has 11 heteroatoms. The SMILES string of the molecule is CCOC(=O)N1CSCC1C(=O)NC(Cc1ccc(NC(=O)c2ccc(OC)cc2)cc1)C(=O)O. The number of nitrogens with one attached hydrogen (secondary N) is 2. The number of carboxylic acid groups (broad SMARTS) is 1. The van der Waals surface area contributed by atoms with Crippen LogP contribution in [0.3, 0.4) is 0 Å². The Kier molecular flexibility index (Phi) is 8.96. The number of ether oxygens (including phenoxy) is 2. The highest BCUT2D eigenvalue weighted by molar-refractivity contribution is 7.99. The Balaban J connectivity index is 1.59. The van der Waals surface area contributed by atoms with Crippen molar-refractivity contribution >= 4 is 41.3 Å². The van der Waals surface area contributed by atoms with E-state index < -0.39 is 30.1 Å². The normalized spacial score (nSPS) is 15.7. The van der Waals surface area contributed by atoms with Crippen molar-refractivity contribution in [1.29, 1.82) is 0 Å². The van der Waals surface area contributed by atoms with Gasteiger partial charge in [0.1, 0.15) is 17.8 Å². The summed E-state index contributed by atoms with van der Waals surface area (Å²) in [5.41, 5.74) is 1.66. The van der Waals surface area contributed by atoms with Crippen molar-refractivity contribution in [3.05, 3.63) is 59.7 Å². The van der Waals surface area contributed by atoms with Gasteiger partial charge >= 0.3 is 12.1 Å². The average molecular weight is 502 g/mol. The molecule has 3 amide bonds. The second-order valence-corrected chi connectivity index (χ2v) is 8.67. The van der Waals surface area contributed by atoms with E-state index in [1.54, 1.807) is 62.6 Å². The van der Waals surface area contributed by atoms with Crippen molar-refractivity contribution < 1.29 is 33.8 Å². The second kappa shape index (κ2) is 12.1. The maximum Gasteiger partial charge on any atom is 0.411 e. The number of rotatable bonds is 9. The van der Waals surface area contributed by atoms with E-state index in [9.17, 15) is 24.3 Å². The molecule has 1 saturated heterocycles.